The molecular formula is C21H24N2O3. The topological polar surface area (TPSA) is 67.4 Å². The molecule has 1 aliphatic rings. The van der Waals surface area contributed by atoms with E-state index in [1.807, 2.05) is 63.2 Å². The van der Waals surface area contributed by atoms with Crippen molar-refractivity contribution >= 4 is 23.2 Å². The second-order valence-corrected chi connectivity index (χ2v) is 6.90. The van der Waals surface area contributed by atoms with Crippen molar-refractivity contribution in [2.45, 2.75) is 33.3 Å². The third-order valence-electron chi connectivity index (χ3n) is 4.37. The minimum Gasteiger partial charge on any atom is -0.489 e. The smallest absolute Gasteiger partial charge is 0.228 e. The van der Waals surface area contributed by atoms with Gasteiger partial charge >= 0.3 is 0 Å². The summed E-state index contributed by atoms with van der Waals surface area (Å²) in [6, 6.07) is 15.0. The molecule has 0 radical (unpaired) electrons. The third-order valence-corrected chi connectivity index (χ3v) is 4.37. The van der Waals surface area contributed by atoms with Gasteiger partial charge in [0.25, 0.3) is 0 Å². The fourth-order valence-electron chi connectivity index (χ4n) is 2.87. The number of carbonyl (C=O) groups is 2. The van der Waals surface area contributed by atoms with Gasteiger partial charge in [-0.1, -0.05) is 30.3 Å². The molecule has 2 aromatic rings. The number of hydrogen-bond acceptors (Lipinski definition) is 3. The van der Waals surface area contributed by atoms with Crippen molar-refractivity contribution in [1.82, 2.24) is 0 Å². The van der Waals surface area contributed by atoms with Crippen LogP contribution in [0.15, 0.2) is 48.5 Å². The third kappa shape index (κ3) is 4.23. The van der Waals surface area contributed by atoms with Gasteiger partial charge in [0.15, 0.2) is 0 Å². The van der Waals surface area contributed by atoms with Gasteiger partial charge in [-0.05, 0) is 51.0 Å². The summed E-state index contributed by atoms with van der Waals surface area (Å²) in [6.07, 6.45) is 0.582. The van der Waals surface area contributed by atoms with Gasteiger partial charge in [0.1, 0.15) is 5.75 Å². The van der Waals surface area contributed by atoms with Crippen molar-refractivity contribution in [1.29, 1.82) is 0 Å². The number of carbonyl (C=O) groups excluding carboxylic acids is 2. The van der Waals surface area contributed by atoms with Crippen LogP contribution in [0.2, 0.25) is 0 Å². The summed E-state index contributed by atoms with van der Waals surface area (Å²) in [4.78, 5) is 24.9. The van der Waals surface area contributed by atoms with Crippen LogP contribution >= 0.6 is 0 Å². The summed E-state index contributed by atoms with van der Waals surface area (Å²) < 4.78 is 5.72. The largest absolute Gasteiger partial charge is 0.489 e. The summed E-state index contributed by atoms with van der Waals surface area (Å²) in [5.41, 5.74) is 2.43. The van der Waals surface area contributed by atoms with E-state index in [4.69, 9.17) is 4.74 Å². The van der Waals surface area contributed by atoms with Crippen LogP contribution in [0.1, 0.15) is 25.8 Å². The Labute approximate surface area is 153 Å². The molecule has 1 aliphatic carbocycles. The first-order chi connectivity index (χ1) is 12.5. The van der Waals surface area contributed by atoms with Gasteiger partial charge < -0.3 is 15.4 Å². The Hall–Kier alpha value is -2.82. The molecule has 0 heterocycles. The summed E-state index contributed by atoms with van der Waals surface area (Å²) in [6.45, 7) is 5.81. The van der Waals surface area contributed by atoms with Gasteiger partial charge in [0.05, 0.1) is 23.6 Å². The molecule has 0 bridgehead atoms. The molecule has 2 N–H and O–H groups in total. The molecule has 136 valence electrons. The highest BCUT2D eigenvalue weighted by molar-refractivity contribution is 6.03. The van der Waals surface area contributed by atoms with Gasteiger partial charge in [0.2, 0.25) is 11.8 Å². The molecule has 2 atom stereocenters. The van der Waals surface area contributed by atoms with Gasteiger partial charge in [-0.2, -0.15) is 0 Å². The molecule has 1 fully saturated rings. The second-order valence-electron chi connectivity index (χ2n) is 6.90. The lowest BCUT2D eigenvalue weighted by Gasteiger charge is -2.14. The Kier molecular flexibility index (Phi) is 5.26. The number of nitrogens with one attached hydrogen (secondary N) is 2. The predicted octanol–water partition coefficient (Wildman–Crippen LogP) is 4.00. The zero-order chi connectivity index (χ0) is 18.7. The monoisotopic (exact) mass is 352 g/mol. The molecule has 0 aromatic heterocycles. The minimum atomic E-state index is -0.300. The molecule has 0 aliphatic heterocycles. The van der Waals surface area contributed by atoms with Gasteiger partial charge in [-0.15, -0.1) is 0 Å². The maximum atomic E-state index is 12.5. The van der Waals surface area contributed by atoms with E-state index in [1.54, 1.807) is 6.07 Å². The van der Waals surface area contributed by atoms with Gasteiger partial charge in [-0.3, -0.25) is 9.59 Å². The Morgan fingerprint density at radius 3 is 2.08 bits per heavy atom. The van der Waals surface area contributed by atoms with Crippen molar-refractivity contribution in [2.24, 2.45) is 11.8 Å². The highest BCUT2D eigenvalue weighted by Crippen LogP contribution is 2.41. The van der Waals surface area contributed by atoms with Gasteiger partial charge in [0, 0.05) is 5.69 Å². The second kappa shape index (κ2) is 7.60. The Balaban J connectivity index is 1.59. The van der Waals surface area contributed by atoms with Gasteiger partial charge in [-0.25, -0.2) is 0 Å². The maximum absolute atomic E-state index is 12.5. The maximum Gasteiger partial charge on any atom is 0.228 e. The zero-order valence-electron chi connectivity index (χ0n) is 15.3. The fourth-order valence-corrected chi connectivity index (χ4v) is 2.87. The lowest BCUT2D eigenvalue weighted by molar-refractivity contribution is -0.122. The normalized spacial score (nSPS) is 18.3. The van der Waals surface area contributed by atoms with Crippen LogP contribution in [0, 0.1) is 18.8 Å². The quantitative estimate of drug-likeness (QED) is 0.826. The Morgan fingerprint density at radius 1 is 0.923 bits per heavy atom. The van der Waals surface area contributed by atoms with E-state index in [0.717, 1.165) is 11.3 Å². The average Bonchev–Trinajstić information content (AvgIpc) is 3.39. The first-order valence-electron chi connectivity index (χ1n) is 8.88. The molecule has 0 saturated heterocycles. The predicted molar refractivity (Wildman–Crippen MR) is 102 cm³/mol. The summed E-state index contributed by atoms with van der Waals surface area (Å²) in [5.74, 6) is -0.197. The molecule has 26 heavy (non-hydrogen) atoms. The van der Waals surface area contributed by atoms with Crippen LogP contribution in [0.4, 0.5) is 11.4 Å². The average molecular weight is 352 g/mol. The standard InChI is InChI=1S/C21H24N2O3/c1-13(2)26-19-11-7-6-10-18(19)23-21(25)16-12-15(16)20(24)22-17-9-5-4-8-14(17)3/h4-11,13,15-16H,12H2,1-3H3,(H,22,24)(H,23,25). The summed E-state index contributed by atoms with van der Waals surface area (Å²) >= 11 is 0. The minimum absolute atomic E-state index is 0.0154. The molecule has 2 aromatic carbocycles. The van der Waals surface area contributed by atoms with Crippen LogP contribution in [-0.2, 0) is 9.59 Å². The molecule has 2 amide bonds. The van der Waals surface area contributed by atoms with Crippen molar-refractivity contribution in [3.8, 4) is 5.75 Å². The van der Waals surface area contributed by atoms with E-state index in [2.05, 4.69) is 10.6 Å². The molecular weight excluding hydrogens is 328 g/mol. The van der Waals surface area contributed by atoms with Crippen molar-refractivity contribution in [3.05, 3.63) is 54.1 Å². The Bertz CT molecular complexity index is 816. The molecule has 0 spiro atoms. The number of hydrogen-bond donors (Lipinski definition) is 2. The first-order valence-corrected chi connectivity index (χ1v) is 8.88. The number of benzene rings is 2. The molecule has 5 nitrogen and oxygen atoms in total. The summed E-state index contributed by atoms with van der Waals surface area (Å²) in [5, 5.41) is 5.81. The van der Waals surface area contributed by atoms with Crippen LogP contribution in [0.25, 0.3) is 0 Å². The van der Waals surface area contributed by atoms with E-state index in [9.17, 15) is 9.59 Å². The SMILES string of the molecule is Cc1ccccc1NC(=O)C1CC1C(=O)Nc1ccccc1OC(C)C. The molecule has 1 saturated carbocycles. The van der Waals surface area contributed by atoms with E-state index >= 15 is 0 Å². The number of rotatable bonds is 6. The number of amides is 2. The van der Waals surface area contributed by atoms with Crippen LogP contribution in [0.5, 0.6) is 5.75 Å². The first kappa shape index (κ1) is 18.0. The van der Waals surface area contributed by atoms with Crippen LogP contribution < -0.4 is 15.4 Å². The number of anilines is 2. The van der Waals surface area contributed by atoms with E-state index in [-0.39, 0.29) is 29.8 Å². The number of ether oxygens (including phenoxy) is 1. The highest BCUT2D eigenvalue weighted by Gasteiger charge is 2.48. The van der Waals surface area contributed by atoms with E-state index in [0.29, 0.717) is 17.9 Å². The van der Waals surface area contributed by atoms with Crippen molar-refractivity contribution in [3.63, 3.8) is 0 Å². The molecule has 5 heteroatoms. The highest BCUT2D eigenvalue weighted by atomic mass is 16.5. The Morgan fingerprint density at radius 2 is 1.46 bits per heavy atom. The van der Waals surface area contributed by atoms with Crippen molar-refractivity contribution in [2.75, 3.05) is 10.6 Å². The van der Waals surface area contributed by atoms with Crippen molar-refractivity contribution < 1.29 is 14.3 Å². The molecule has 3 rings (SSSR count). The number of para-hydroxylation sites is 3. The van der Waals surface area contributed by atoms with E-state index < -0.39 is 0 Å². The van der Waals surface area contributed by atoms with Crippen LogP contribution in [0.3, 0.4) is 0 Å². The number of aryl methyl sites for hydroxylation is 1. The zero-order valence-corrected chi connectivity index (χ0v) is 15.3. The van der Waals surface area contributed by atoms with E-state index in [1.165, 1.54) is 0 Å². The summed E-state index contributed by atoms with van der Waals surface area (Å²) in [7, 11) is 0. The fraction of sp³-hybridized carbons (Fsp3) is 0.333. The lowest BCUT2D eigenvalue weighted by Crippen LogP contribution is -2.21. The molecule has 2 unspecified atom stereocenters. The van der Waals surface area contributed by atoms with Crippen LogP contribution in [-0.4, -0.2) is 17.9 Å². The lowest BCUT2D eigenvalue weighted by atomic mass is 10.2.